The minimum Gasteiger partial charge on any atom is -0.492 e. The van der Waals surface area contributed by atoms with Crippen LogP contribution in [0.25, 0.3) is 0 Å². The highest BCUT2D eigenvalue weighted by molar-refractivity contribution is 6.32. The topological polar surface area (TPSA) is 42.0 Å². The fourth-order valence-electron chi connectivity index (χ4n) is 2.52. The molecule has 2 aromatic carbocycles. The van der Waals surface area contributed by atoms with Crippen LogP contribution in [0.3, 0.4) is 0 Å². The number of rotatable bonds is 7. The maximum absolute atomic E-state index is 11.6. The second-order valence-electron chi connectivity index (χ2n) is 6.38. The Morgan fingerprint density at radius 3 is 2.22 bits per heavy atom. The lowest BCUT2D eigenvalue weighted by Crippen LogP contribution is -2.25. The summed E-state index contributed by atoms with van der Waals surface area (Å²) in [5.74, 6) is 1.22. The normalized spacial score (nSPS) is 11.5. The van der Waals surface area contributed by atoms with Crippen molar-refractivity contribution in [1.82, 2.24) is 9.80 Å². The number of carbonyl (C=O) groups is 1. The van der Waals surface area contributed by atoms with E-state index < -0.39 is 6.09 Å². The van der Waals surface area contributed by atoms with Crippen LogP contribution < -0.4 is 9.47 Å². The molecule has 0 fully saturated rings. The van der Waals surface area contributed by atoms with Crippen molar-refractivity contribution in [2.24, 2.45) is 0 Å². The first kappa shape index (κ1) is 23.1. The van der Waals surface area contributed by atoms with E-state index in [1.807, 2.05) is 62.6 Å². The molecule has 0 aromatic heterocycles. The molecule has 148 valence electrons. The highest BCUT2D eigenvalue weighted by Gasteiger charge is 2.15. The third-order valence-electron chi connectivity index (χ3n) is 3.94. The molecule has 0 N–H and O–H groups in total. The van der Waals surface area contributed by atoms with Gasteiger partial charge in [0.15, 0.2) is 0 Å². The summed E-state index contributed by atoms with van der Waals surface area (Å²) >= 11 is 6.12. The van der Waals surface area contributed by atoms with Gasteiger partial charge in [-0.25, -0.2) is 4.79 Å². The first-order chi connectivity index (χ1) is 12.4. The predicted octanol–water partition coefficient (Wildman–Crippen LogP) is 4.89. The predicted molar refractivity (Wildman–Crippen MR) is 111 cm³/mol. The average molecular weight is 413 g/mol. The van der Waals surface area contributed by atoms with Gasteiger partial charge in [-0.1, -0.05) is 35.9 Å². The second kappa shape index (κ2) is 11.0. The Kier molecular flexibility index (Phi) is 9.43. The molecule has 2 rings (SSSR count). The molecule has 1 amide bonds. The monoisotopic (exact) mass is 412 g/mol. The Labute approximate surface area is 172 Å². The largest absolute Gasteiger partial charge is 0.492 e. The van der Waals surface area contributed by atoms with E-state index in [0.717, 1.165) is 12.0 Å². The van der Waals surface area contributed by atoms with Gasteiger partial charge in [-0.05, 0) is 43.9 Å². The van der Waals surface area contributed by atoms with Crippen LogP contribution in [0.2, 0.25) is 5.02 Å². The molecule has 0 radical (unpaired) electrons. The highest BCUT2D eigenvalue weighted by Crippen LogP contribution is 2.27. The smallest absolute Gasteiger partial charge is 0.414 e. The number of nitrogens with zero attached hydrogens (tertiary/aromatic N) is 2. The van der Waals surface area contributed by atoms with Crippen LogP contribution in [-0.4, -0.2) is 50.7 Å². The third kappa shape index (κ3) is 6.94. The molecule has 2 aromatic rings. The Balaban J connectivity index is 0.00000364. The van der Waals surface area contributed by atoms with E-state index in [9.17, 15) is 4.79 Å². The molecular weight excluding hydrogens is 387 g/mol. The molecule has 27 heavy (non-hydrogen) atoms. The van der Waals surface area contributed by atoms with Crippen LogP contribution in [0.1, 0.15) is 18.0 Å². The van der Waals surface area contributed by atoms with Crippen molar-refractivity contribution < 1.29 is 14.3 Å². The summed E-state index contributed by atoms with van der Waals surface area (Å²) in [7, 11) is 7.36. The standard InChI is InChI=1S/C20H25ClN2O3.ClH/c1-22(2)18(13-14-25-19-8-6-5-7-17(19)21)15-9-11-16(12-10-15)26-20(24)23(3)4;/h5-12,18H,13-14H2,1-4H3;1H. The molecule has 0 aliphatic rings. The molecule has 0 bridgehead atoms. The maximum atomic E-state index is 11.6. The molecule has 5 nitrogen and oxygen atoms in total. The van der Waals surface area contributed by atoms with E-state index in [0.29, 0.717) is 23.1 Å². The lowest BCUT2D eigenvalue weighted by Gasteiger charge is -2.25. The van der Waals surface area contributed by atoms with Gasteiger partial charge in [-0.15, -0.1) is 12.4 Å². The number of amides is 1. The second-order valence-corrected chi connectivity index (χ2v) is 6.79. The van der Waals surface area contributed by atoms with Crippen molar-refractivity contribution in [3.05, 3.63) is 59.1 Å². The van der Waals surface area contributed by atoms with Crippen molar-refractivity contribution in [1.29, 1.82) is 0 Å². The van der Waals surface area contributed by atoms with Crippen LogP contribution in [0.15, 0.2) is 48.5 Å². The molecule has 0 saturated carbocycles. The summed E-state index contributed by atoms with van der Waals surface area (Å²) in [5.41, 5.74) is 1.13. The van der Waals surface area contributed by atoms with Crippen LogP contribution in [0, 0.1) is 0 Å². The van der Waals surface area contributed by atoms with Gasteiger partial charge in [0.1, 0.15) is 11.5 Å². The number of benzene rings is 2. The molecule has 0 aliphatic carbocycles. The molecule has 0 saturated heterocycles. The molecule has 0 aliphatic heterocycles. The van der Waals surface area contributed by atoms with Gasteiger partial charge >= 0.3 is 6.09 Å². The quantitative estimate of drug-likeness (QED) is 0.648. The van der Waals surface area contributed by atoms with E-state index in [-0.39, 0.29) is 18.4 Å². The van der Waals surface area contributed by atoms with Gasteiger partial charge in [-0.3, -0.25) is 0 Å². The molecule has 0 spiro atoms. The van der Waals surface area contributed by atoms with Gasteiger partial charge in [0.2, 0.25) is 0 Å². The number of carbonyl (C=O) groups excluding carboxylic acids is 1. The molecule has 7 heteroatoms. The zero-order valence-electron chi connectivity index (χ0n) is 16.0. The Morgan fingerprint density at radius 2 is 1.67 bits per heavy atom. The molecular formula is C20H26Cl2N2O3. The summed E-state index contributed by atoms with van der Waals surface area (Å²) < 4.78 is 11.1. The summed E-state index contributed by atoms with van der Waals surface area (Å²) in [6, 6.07) is 15.2. The van der Waals surface area contributed by atoms with Crippen LogP contribution in [-0.2, 0) is 0 Å². The van der Waals surface area contributed by atoms with E-state index in [1.54, 1.807) is 14.1 Å². The third-order valence-corrected chi connectivity index (χ3v) is 4.26. The highest BCUT2D eigenvalue weighted by atomic mass is 35.5. The van der Waals surface area contributed by atoms with Crippen molar-refractivity contribution in [2.75, 3.05) is 34.8 Å². The SMILES string of the molecule is CN(C)C(=O)Oc1ccc(C(CCOc2ccccc2Cl)N(C)C)cc1.Cl. The van der Waals surface area contributed by atoms with E-state index in [1.165, 1.54) is 4.90 Å². The maximum Gasteiger partial charge on any atom is 0.414 e. The van der Waals surface area contributed by atoms with Crippen LogP contribution in [0.4, 0.5) is 4.79 Å². The van der Waals surface area contributed by atoms with Gasteiger partial charge in [0, 0.05) is 26.6 Å². The van der Waals surface area contributed by atoms with Gasteiger partial charge in [0.05, 0.1) is 11.6 Å². The zero-order chi connectivity index (χ0) is 19.1. The summed E-state index contributed by atoms with van der Waals surface area (Å²) in [4.78, 5) is 15.1. The Hall–Kier alpha value is -1.95. The number of hydrogen-bond acceptors (Lipinski definition) is 4. The fourth-order valence-corrected chi connectivity index (χ4v) is 2.71. The van der Waals surface area contributed by atoms with E-state index >= 15 is 0 Å². The van der Waals surface area contributed by atoms with Gasteiger partial charge in [0.25, 0.3) is 0 Å². The molecule has 0 heterocycles. The van der Waals surface area contributed by atoms with Gasteiger partial charge < -0.3 is 19.3 Å². The lowest BCUT2D eigenvalue weighted by molar-refractivity contribution is 0.172. The number of para-hydroxylation sites is 1. The van der Waals surface area contributed by atoms with Crippen molar-refractivity contribution in [2.45, 2.75) is 12.5 Å². The van der Waals surface area contributed by atoms with E-state index in [2.05, 4.69) is 4.90 Å². The Morgan fingerprint density at radius 1 is 1.04 bits per heavy atom. The molecule has 1 atom stereocenters. The Bertz CT molecular complexity index is 721. The van der Waals surface area contributed by atoms with Crippen LogP contribution in [0.5, 0.6) is 11.5 Å². The van der Waals surface area contributed by atoms with Gasteiger partial charge in [-0.2, -0.15) is 0 Å². The summed E-state index contributed by atoms with van der Waals surface area (Å²) in [6.07, 6.45) is 0.407. The number of hydrogen-bond donors (Lipinski definition) is 0. The van der Waals surface area contributed by atoms with Crippen molar-refractivity contribution >= 4 is 30.1 Å². The first-order valence-corrected chi connectivity index (χ1v) is 8.79. The summed E-state index contributed by atoms with van der Waals surface area (Å²) in [6.45, 7) is 0.546. The molecule has 1 unspecified atom stereocenters. The van der Waals surface area contributed by atoms with Crippen molar-refractivity contribution in [3.8, 4) is 11.5 Å². The average Bonchev–Trinajstić information content (AvgIpc) is 2.60. The minimum atomic E-state index is -0.393. The number of ether oxygens (including phenoxy) is 2. The lowest BCUT2D eigenvalue weighted by atomic mass is 10.0. The van der Waals surface area contributed by atoms with Crippen molar-refractivity contribution in [3.63, 3.8) is 0 Å². The minimum absolute atomic E-state index is 0. The summed E-state index contributed by atoms with van der Waals surface area (Å²) in [5, 5.41) is 0.612. The number of halogens is 2. The first-order valence-electron chi connectivity index (χ1n) is 8.41. The zero-order valence-corrected chi connectivity index (χ0v) is 17.6. The van der Waals surface area contributed by atoms with E-state index in [4.69, 9.17) is 21.1 Å². The fraction of sp³-hybridized carbons (Fsp3) is 0.350. The van der Waals surface area contributed by atoms with Crippen LogP contribution >= 0.6 is 24.0 Å².